The molecule has 2 heterocycles. The third-order valence-electron chi connectivity index (χ3n) is 3.92. The van der Waals surface area contributed by atoms with Crippen LogP contribution < -0.4 is 5.32 Å². The van der Waals surface area contributed by atoms with E-state index in [0.717, 1.165) is 6.04 Å². The zero-order valence-electron chi connectivity index (χ0n) is 12.8. The van der Waals surface area contributed by atoms with Crippen molar-refractivity contribution in [2.24, 2.45) is 0 Å². The molecule has 122 valence electrons. The maximum absolute atomic E-state index is 9.10. The summed E-state index contributed by atoms with van der Waals surface area (Å²) in [5.41, 5.74) is 0. The van der Waals surface area contributed by atoms with Crippen LogP contribution in [0.3, 0.4) is 0 Å². The van der Waals surface area contributed by atoms with Gasteiger partial charge in [-0.1, -0.05) is 12.8 Å². The molecule has 0 radical (unpaired) electrons. The molecule has 1 unspecified atom stereocenters. The topological polar surface area (TPSA) is 93.1 Å². The van der Waals surface area contributed by atoms with Gasteiger partial charge in [-0.2, -0.15) is 0 Å². The molecule has 2 aliphatic heterocycles. The number of carboxylic acids is 2. The van der Waals surface area contributed by atoms with E-state index in [1.807, 2.05) is 0 Å². The van der Waals surface area contributed by atoms with Crippen LogP contribution in [0.1, 0.15) is 25.7 Å². The number of carbonyl (C=O) groups is 2. The van der Waals surface area contributed by atoms with Crippen molar-refractivity contribution in [3.63, 3.8) is 0 Å². The Balaban J connectivity index is 0.000000315. The first-order valence-corrected chi connectivity index (χ1v) is 7.59. The molecule has 1 atom stereocenters. The van der Waals surface area contributed by atoms with Gasteiger partial charge >= 0.3 is 11.9 Å². The normalized spacial score (nSPS) is 24.5. The number of piperazine rings is 1. The van der Waals surface area contributed by atoms with Crippen LogP contribution in [0.25, 0.3) is 0 Å². The molecule has 2 aliphatic rings. The lowest BCUT2D eigenvalue weighted by Gasteiger charge is -2.34. The molecular formula is C14H27N3O4. The van der Waals surface area contributed by atoms with Crippen LogP contribution in [0, 0.1) is 0 Å². The summed E-state index contributed by atoms with van der Waals surface area (Å²) in [7, 11) is 2.22. The van der Waals surface area contributed by atoms with Crippen molar-refractivity contribution < 1.29 is 19.8 Å². The molecular weight excluding hydrogens is 274 g/mol. The molecule has 0 aromatic carbocycles. The molecule has 21 heavy (non-hydrogen) atoms. The van der Waals surface area contributed by atoms with Gasteiger partial charge in [-0.25, -0.2) is 9.59 Å². The Bertz CT molecular complexity index is 310. The van der Waals surface area contributed by atoms with Gasteiger partial charge in [0.2, 0.25) is 0 Å². The van der Waals surface area contributed by atoms with E-state index < -0.39 is 11.9 Å². The van der Waals surface area contributed by atoms with Crippen LogP contribution in [0.5, 0.6) is 0 Å². The van der Waals surface area contributed by atoms with Crippen LogP contribution in [0.15, 0.2) is 0 Å². The van der Waals surface area contributed by atoms with Crippen molar-refractivity contribution in [1.82, 2.24) is 15.1 Å². The van der Waals surface area contributed by atoms with Crippen molar-refractivity contribution in [3.05, 3.63) is 0 Å². The molecule has 0 aliphatic carbocycles. The Morgan fingerprint density at radius 1 is 1.05 bits per heavy atom. The molecule has 0 aromatic heterocycles. The predicted molar refractivity (Wildman–Crippen MR) is 79.5 cm³/mol. The molecule has 7 heteroatoms. The fraction of sp³-hybridized carbons (Fsp3) is 0.857. The SMILES string of the molecule is CN1CCN(CC2CCCCCN2)CC1.O=C(O)C(=O)O. The summed E-state index contributed by atoms with van der Waals surface area (Å²) in [6.07, 6.45) is 5.60. The summed E-state index contributed by atoms with van der Waals surface area (Å²) in [5.74, 6) is -3.65. The Hall–Kier alpha value is -1.18. The zero-order chi connectivity index (χ0) is 15.7. The second-order valence-corrected chi connectivity index (χ2v) is 5.71. The molecule has 7 nitrogen and oxygen atoms in total. The highest BCUT2D eigenvalue weighted by atomic mass is 16.4. The maximum atomic E-state index is 9.10. The van der Waals surface area contributed by atoms with Crippen molar-refractivity contribution in [1.29, 1.82) is 0 Å². The standard InChI is InChI=1S/C12H25N3.C2H2O4/c1-14-7-9-15(10-8-14)11-12-5-3-2-4-6-13-12;3-1(4)2(5)6/h12-13H,2-11H2,1H3;(H,3,4)(H,5,6). The van der Waals surface area contributed by atoms with E-state index in [-0.39, 0.29) is 0 Å². The Morgan fingerprint density at radius 2 is 1.67 bits per heavy atom. The van der Waals surface area contributed by atoms with Gasteiger partial charge in [0, 0.05) is 38.8 Å². The number of likely N-dealkylation sites (N-methyl/N-ethyl adjacent to an activating group) is 1. The van der Waals surface area contributed by atoms with Crippen molar-refractivity contribution in [2.45, 2.75) is 31.7 Å². The van der Waals surface area contributed by atoms with Crippen LogP contribution in [-0.4, -0.2) is 84.3 Å². The summed E-state index contributed by atoms with van der Waals surface area (Å²) in [6.45, 7) is 7.51. The highest BCUT2D eigenvalue weighted by Gasteiger charge is 2.18. The van der Waals surface area contributed by atoms with Crippen molar-refractivity contribution in [2.75, 3.05) is 46.3 Å². The van der Waals surface area contributed by atoms with Gasteiger partial charge in [0.25, 0.3) is 0 Å². The van der Waals surface area contributed by atoms with Crippen LogP contribution in [-0.2, 0) is 9.59 Å². The molecule has 2 fully saturated rings. The first kappa shape index (κ1) is 17.9. The molecule has 0 amide bonds. The van der Waals surface area contributed by atoms with Gasteiger partial charge in [-0.05, 0) is 26.4 Å². The van der Waals surface area contributed by atoms with E-state index in [0.29, 0.717) is 0 Å². The first-order valence-electron chi connectivity index (χ1n) is 7.59. The van der Waals surface area contributed by atoms with E-state index in [4.69, 9.17) is 19.8 Å². The third-order valence-corrected chi connectivity index (χ3v) is 3.92. The monoisotopic (exact) mass is 301 g/mol. The fourth-order valence-electron chi connectivity index (χ4n) is 2.60. The maximum Gasteiger partial charge on any atom is 0.414 e. The van der Waals surface area contributed by atoms with E-state index in [2.05, 4.69) is 22.2 Å². The summed E-state index contributed by atoms with van der Waals surface area (Å²) in [5, 5.41) is 18.5. The number of hydrogen-bond donors (Lipinski definition) is 3. The van der Waals surface area contributed by atoms with Gasteiger partial charge in [-0.3, -0.25) is 4.90 Å². The Labute approximate surface area is 125 Å². The molecule has 0 bridgehead atoms. The minimum atomic E-state index is -1.82. The number of rotatable bonds is 2. The molecule has 2 rings (SSSR count). The lowest BCUT2D eigenvalue weighted by Crippen LogP contribution is -2.49. The molecule has 3 N–H and O–H groups in total. The molecule has 0 spiro atoms. The van der Waals surface area contributed by atoms with Crippen LogP contribution in [0.4, 0.5) is 0 Å². The van der Waals surface area contributed by atoms with Gasteiger partial charge in [0.05, 0.1) is 0 Å². The summed E-state index contributed by atoms with van der Waals surface area (Å²) < 4.78 is 0. The quantitative estimate of drug-likeness (QED) is 0.614. The van der Waals surface area contributed by atoms with Crippen LogP contribution in [0.2, 0.25) is 0 Å². The lowest BCUT2D eigenvalue weighted by atomic mass is 10.1. The van der Waals surface area contributed by atoms with E-state index in [9.17, 15) is 0 Å². The average molecular weight is 301 g/mol. The molecule has 2 saturated heterocycles. The van der Waals surface area contributed by atoms with Crippen molar-refractivity contribution in [3.8, 4) is 0 Å². The van der Waals surface area contributed by atoms with Gasteiger partial charge < -0.3 is 20.4 Å². The largest absolute Gasteiger partial charge is 0.473 e. The number of aliphatic carboxylic acids is 2. The lowest BCUT2D eigenvalue weighted by molar-refractivity contribution is -0.159. The number of hydrogen-bond acceptors (Lipinski definition) is 5. The summed E-state index contributed by atoms with van der Waals surface area (Å²) >= 11 is 0. The van der Waals surface area contributed by atoms with E-state index in [1.165, 1.54) is 65.0 Å². The second kappa shape index (κ2) is 9.70. The Morgan fingerprint density at radius 3 is 2.24 bits per heavy atom. The predicted octanol–water partition coefficient (Wildman–Crippen LogP) is -0.0784. The number of carboxylic acid groups (broad SMARTS) is 2. The zero-order valence-corrected chi connectivity index (χ0v) is 12.8. The summed E-state index contributed by atoms with van der Waals surface area (Å²) in [4.78, 5) is 23.3. The minimum Gasteiger partial charge on any atom is -0.473 e. The van der Waals surface area contributed by atoms with Gasteiger partial charge in [0.15, 0.2) is 0 Å². The van der Waals surface area contributed by atoms with Gasteiger partial charge in [0.1, 0.15) is 0 Å². The Kier molecular flexibility index (Phi) is 8.26. The third kappa shape index (κ3) is 7.99. The first-order chi connectivity index (χ1) is 9.99. The smallest absolute Gasteiger partial charge is 0.414 e. The fourth-order valence-corrected chi connectivity index (χ4v) is 2.60. The molecule has 0 aromatic rings. The number of nitrogens with one attached hydrogen (secondary N) is 1. The average Bonchev–Trinajstić information content (AvgIpc) is 2.70. The highest BCUT2D eigenvalue weighted by molar-refractivity contribution is 6.27. The van der Waals surface area contributed by atoms with E-state index >= 15 is 0 Å². The summed E-state index contributed by atoms with van der Waals surface area (Å²) in [6, 6.07) is 0.760. The van der Waals surface area contributed by atoms with Gasteiger partial charge in [-0.15, -0.1) is 0 Å². The second-order valence-electron chi connectivity index (χ2n) is 5.71. The molecule has 0 saturated carbocycles. The highest BCUT2D eigenvalue weighted by Crippen LogP contribution is 2.10. The van der Waals surface area contributed by atoms with E-state index in [1.54, 1.807) is 0 Å². The van der Waals surface area contributed by atoms with Crippen LogP contribution >= 0.6 is 0 Å². The minimum absolute atomic E-state index is 0.760. The van der Waals surface area contributed by atoms with Crippen molar-refractivity contribution >= 4 is 11.9 Å². The number of nitrogens with zero attached hydrogens (tertiary/aromatic N) is 2.